The monoisotopic (exact) mass is 264 g/mol. The van der Waals surface area contributed by atoms with Gasteiger partial charge in [-0.25, -0.2) is 0 Å². The molecule has 0 aromatic carbocycles. The van der Waals surface area contributed by atoms with Crippen LogP contribution in [0.1, 0.15) is 38.5 Å². The van der Waals surface area contributed by atoms with Crippen LogP contribution in [0.3, 0.4) is 0 Å². The molecular weight excluding hydrogens is 245 g/mol. The number of ketones is 1. The molecule has 0 N–H and O–H groups in total. The highest BCUT2D eigenvalue weighted by atomic mass is 19.4. The number of alkyl halides is 3. The standard InChI is InChI=1S/C13H19F3O2/c14-13(15,16)11-6-2-1-5-10(11)12(17)9-4-3-7-18-8-9/h9-11H,1-8H2. The molecule has 0 radical (unpaired) electrons. The van der Waals surface area contributed by atoms with E-state index in [1.54, 1.807) is 0 Å². The molecule has 0 amide bonds. The van der Waals surface area contributed by atoms with Crippen LogP contribution in [-0.4, -0.2) is 25.2 Å². The Bertz CT molecular complexity index is 295. The van der Waals surface area contributed by atoms with Crippen molar-refractivity contribution in [1.29, 1.82) is 0 Å². The summed E-state index contributed by atoms with van der Waals surface area (Å²) in [7, 11) is 0. The van der Waals surface area contributed by atoms with Gasteiger partial charge in [0.2, 0.25) is 0 Å². The van der Waals surface area contributed by atoms with E-state index in [-0.39, 0.29) is 18.1 Å². The van der Waals surface area contributed by atoms with E-state index in [4.69, 9.17) is 4.74 Å². The minimum Gasteiger partial charge on any atom is -0.381 e. The lowest BCUT2D eigenvalue weighted by Crippen LogP contribution is -2.41. The molecule has 2 fully saturated rings. The molecule has 1 aliphatic carbocycles. The molecule has 2 rings (SSSR count). The Kier molecular flexibility index (Phi) is 4.30. The number of halogens is 3. The quantitative estimate of drug-likeness (QED) is 0.764. The van der Waals surface area contributed by atoms with Gasteiger partial charge >= 0.3 is 6.18 Å². The zero-order chi connectivity index (χ0) is 13.2. The predicted octanol–water partition coefficient (Wildman–Crippen LogP) is 3.35. The highest BCUT2D eigenvalue weighted by Gasteiger charge is 2.49. The Morgan fingerprint density at radius 2 is 1.78 bits per heavy atom. The number of carbonyl (C=O) groups is 1. The molecule has 2 nitrogen and oxygen atoms in total. The Morgan fingerprint density at radius 1 is 1.06 bits per heavy atom. The maximum absolute atomic E-state index is 12.9. The number of ether oxygens (including phenoxy) is 1. The largest absolute Gasteiger partial charge is 0.392 e. The lowest BCUT2D eigenvalue weighted by molar-refractivity contribution is -0.199. The van der Waals surface area contributed by atoms with Gasteiger partial charge in [0.15, 0.2) is 0 Å². The molecule has 1 heterocycles. The number of hydrogen-bond acceptors (Lipinski definition) is 2. The van der Waals surface area contributed by atoms with Gasteiger partial charge in [-0.1, -0.05) is 12.8 Å². The summed E-state index contributed by atoms with van der Waals surface area (Å²) < 4.78 is 44.0. The Balaban J connectivity index is 2.05. The molecule has 0 aromatic heterocycles. The molecule has 3 unspecified atom stereocenters. The lowest BCUT2D eigenvalue weighted by Gasteiger charge is -2.34. The van der Waals surface area contributed by atoms with E-state index in [1.807, 2.05) is 0 Å². The number of Topliss-reactive ketones (excluding diaryl/α,β-unsaturated/α-hetero) is 1. The van der Waals surface area contributed by atoms with Crippen LogP contribution < -0.4 is 0 Å². The molecule has 0 aromatic rings. The molecule has 2 aliphatic rings. The molecule has 0 spiro atoms. The van der Waals surface area contributed by atoms with E-state index in [1.165, 1.54) is 0 Å². The summed E-state index contributed by atoms with van der Waals surface area (Å²) in [6.07, 6.45) is -0.978. The van der Waals surface area contributed by atoms with Gasteiger partial charge in [0, 0.05) is 18.4 Å². The van der Waals surface area contributed by atoms with Gasteiger partial charge in [0.25, 0.3) is 0 Å². The van der Waals surface area contributed by atoms with Crippen LogP contribution in [0.25, 0.3) is 0 Å². The summed E-state index contributed by atoms with van der Waals surface area (Å²) in [5.74, 6) is -2.78. The second kappa shape index (κ2) is 5.59. The van der Waals surface area contributed by atoms with E-state index in [0.717, 1.165) is 12.8 Å². The molecule has 1 saturated heterocycles. The summed E-state index contributed by atoms with van der Waals surface area (Å²) in [4.78, 5) is 12.2. The third-order valence-electron chi connectivity index (χ3n) is 4.11. The first-order valence-corrected chi connectivity index (χ1v) is 6.68. The second-order valence-corrected chi connectivity index (χ2v) is 5.36. The van der Waals surface area contributed by atoms with Crippen LogP contribution in [0, 0.1) is 17.8 Å². The first kappa shape index (κ1) is 13.8. The van der Waals surface area contributed by atoms with Crippen LogP contribution >= 0.6 is 0 Å². The Hall–Kier alpha value is -0.580. The summed E-state index contributed by atoms with van der Waals surface area (Å²) in [6.45, 7) is 0.928. The van der Waals surface area contributed by atoms with Gasteiger partial charge in [0.05, 0.1) is 12.5 Å². The van der Waals surface area contributed by atoms with Crippen molar-refractivity contribution in [3.05, 3.63) is 0 Å². The SMILES string of the molecule is O=C(C1CCCOC1)C1CCCCC1C(F)(F)F. The first-order chi connectivity index (χ1) is 8.50. The highest BCUT2D eigenvalue weighted by Crippen LogP contribution is 2.43. The van der Waals surface area contributed by atoms with Gasteiger partial charge in [-0.3, -0.25) is 4.79 Å². The van der Waals surface area contributed by atoms with E-state index in [9.17, 15) is 18.0 Å². The van der Waals surface area contributed by atoms with Crippen molar-refractivity contribution in [2.24, 2.45) is 17.8 Å². The number of carbonyl (C=O) groups excluding carboxylic acids is 1. The van der Waals surface area contributed by atoms with Crippen molar-refractivity contribution in [3.8, 4) is 0 Å². The van der Waals surface area contributed by atoms with E-state index in [0.29, 0.717) is 32.5 Å². The van der Waals surface area contributed by atoms with E-state index >= 15 is 0 Å². The Labute approximate surface area is 105 Å². The second-order valence-electron chi connectivity index (χ2n) is 5.36. The van der Waals surface area contributed by atoms with Crippen LogP contribution in [0.4, 0.5) is 13.2 Å². The van der Waals surface area contributed by atoms with Gasteiger partial charge in [-0.15, -0.1) is 0 Å². The maximum Gasteiger partial charge on any atom is 0.392 e. The normalized spacial score (nSPS) is 34.3. The molecule has 5 heteroatoms. The van der Waals surface area contributed by atoms with Gasteiger partial charge in [-0.2, -0.15) is 13.2 Å². The highest BCUT2D eigenvalue weighted by molar-refractivity contribution is 5.84. The molecule has 1 saturated carbocycles. The summed E-state index contributed by atoms with van der Waals surface area (Å²) >= 11 is 0. The van der Waals surface area contributed by atoms with Crippen LogP contribution in [0.5, 0.6) is 0 Å². The predicted molar refractivity (Wildman–Crippen MR) is 60.1 cm³/mol. The van der Waals surface area contributed by atoms with Crippen LogP contribution in [0.2, 0.25) is 0 Å². The third-order valence-corrected chi connectivity index (χ3v) is 4.11. The van der Waals surface area contributed by atoms with Gasteiger partial charge in [0.1, 0.15) is 5.78 Å². The molecule has 3 atom stereocenters. The molecule has 18 heavy (non-hydrogen) atoms. The van der Waals surface area contributed by atoms with E-state index < -0.39 is 18.0 Å². The minimum absolute atomic E-state index is 0.105. The van der Waals surface area contributed by atoms with Gasteiger partial charge in [-0.05, 0) is 25.7 Å². The van der Waals surface area contributed by atoms with Crippen molar-refractivity contribution in [3.63, 3.8) is 0 Å². The number of hydrogen-bond donors (Lipinski definition) is 0. The fourth-order valence-electron chi connectivity index (χ4n) is 3.13. The third kappa shape index (κ3) is 3.05. The lowest BCUT2D eigenvalue weighted by atomic mass is 9.73. The summed E-state index contributed by atoms with van der Waals surface area (Å²) in [5.41, 5.74) is 0. The minimum atomic E-state index is -4.24. The summed E-state index contributed by atoms with van der Waals surface area (Å²) in [6, 6.07) is 0. The van der Waals surface area contributed by atoms with Crippen molar-refractivity contribution in [2.45, 2.75) is 44.7 Å². The number of rotatable bonds is 2. The van der Waals surface area contributed by atoms with Crippen LogP contribution in [-0.2, 0) is 9.53 Å². The Morgan fingerprint density at radius 3 is 2.39 bits per heavy atom. The zero-order valence-electron chi connectivity index (χ0n) is 10.3. The van der Waals surface area contributed by atoms with E-state index in [2.05, 4.69) is 0 Å². The topological polar surface area (TPSA) is 26.3 Å². The molecule has 0 bridgehead atoms. The fraction of sp³-hybridized carbons (Fsp3) is 0.923. The van der Waals surface area contributed by atoms with Crippen molar-refractivity contribution < 1.29 is 22.7 Å². The van der Waals surface area contributed by atoms with Crippen LogP contribution in [0.15, 0.2) is 0 Å². The molecule has 1 aliphatic heterocycles. The zero-order valence-corrected chi connectivity index (χ0v) is 10.3. The first-order valence-electron chi connectivity index (χ1n) is 6.68. The molecule has 104 valence electrons. The van der Waals surface area contributed by atoms with Crippen molar-refractivity contribution in [1.82, 2.24) is 0 Å². The molecular formula is C13H19F3O2. The maximum atomic E-state index is 12.9. The smallest absolute Gasteiger partial charge is 0.381 e. The van der Waals surface area contributed by atoms with Crippen molar-refractivity contribution in [2.75, 3.05) is 13.2 Å². The summed E-state index contributed by atoms with van der Waals surface area (Å²) in [5, 5.41) is 0. The van der Waals surface area contributed by atoms with Gasteiger partial charge < -0.3 is 4.74 Å². The van der Waals surface area contributed by atoms with Crippen molar-refractivity contribution >= 4 is 5.78 Å². The average molecular weight is 264 g/mol. The fourth-order valence-corrected chi connectivity index (χ4v) is 3.13. The average Bonchev–Trinajstić information content (AvgIpc) is 2.38.